The molecule has 4 atom stereocenters. The van der Waals surface area contributed by atoms with Crippen LogP contribution in [0.4, 0.5) is 0 Å². The van der Waals surface area contributed by atoms with E-state index < -0.39 is 0 Å². The van der Waals surface area contributed by atoms with Crippen molar-refractivity contribution in [1.82, 2.24) is 5.32 Å². The Morgan fingerprint density at radius 1 is 1.22 bits per heavy atom. The van der Waals surface area contributed by atoms with Gasteiger partial charge in [0.1, 0.15) is 0 Å². The normalized spacial score (nSPS) is 38.7. The van der Waals surface area contributed by atoms with E-state index in [1.54, 1.807) is 0 Å². The topological polar surface area (TPSA) is 64.3 Å². The fraction of sp³-hybridized carbons (Fsp3) is 0.944. The number of rotatable bonds is 4. The van der Waals surface area contributed by atoms with Crippen LogP contribution in [0.1, 0.15) is 71.6 Å². The molecule has 0 aromatic rings. The van der Waals surface area contributed by atoms with Gasteiger partial charge >= 0.3 is 0 Å². The van der Waals surface area contributed by atoms with Gasteiger partial charge in [0.15, 0.2) is 0 Å². The SMILES string of the molecule is CCOC1CC(NC(=O)C2CCCCC2(C)N)C12CCCC2.Cl. The fourth-order valence-corrected chi connectivity index (χ4v) is 5.15. The molecule has 5 heteroatoms. The number of nitrogens with two attached hydrogens (primary N) is 1. The second-order valence-corrected chi connectivity index (χ2v) is 7.99. The number of amides is 1. The van der Waals surface area contributed by atoms with Gasteiger partial charge < -0.3 is 15.8 Å². The molecule has 3 rings (SSSR count). The molecule has 0 aromatic carbocycles. The van der Waals surface area contributed by atoms with E-state index in [0.29, 0.717) is 12.1 Å². The zero-order valence-electron chi connectivity index (χ0n) is 14.6. The van der Waals surface area contributed by atoms with E-state index in [1.165, 1.54) is 25.7 Å². The third kappa shape index (κ3) is 3.40. The molecule has 0 heterocycles. The molecule has 3 N–H and O–H groups in total. The molecule has 3 aliphatic rings. The summed E-state index contributed by atoms with van der Waals surface area (Å²) in [5.74, 6) is 0.168. The Morgan fingerprint density at radius 2 is 1.87 bits per heavy atom. The molecule has 134 valence electrons. The van der Waals surface area contributed by atoms with Crippen molar-refractivity contribution in [3.63, 3.8) is 0 Å². The molecule has 0 bridgehead atoms. The first-order valence-electron chi connectivity index (χ1n) is 9.20. The van der Waals surface area contributed by atoms with Crippen molar-refractivity contribution in [1.29, 1.82) is 0 Å². The van der Waals surface area contributed by atoms with Crippen LogP contribution in [-0.4, -0.2) is 30.2 Å². The molecule has 0 saturated heterocycles. The Hall–Kier alpha value is -0.320. The number of nitrogens with one attached hydrogen (secondary N) is 1. The molecule has 4 nitrogen and oxygen atoms in total. The molecular formula is C18H33ClN2O2. The van der Waals surface area contributed by atoms with E-state index in [4.69, 9.17) is 10.5 Å². The standard InChI is InChI=1S/C18H32N2O2.ClH/c1-3-22-15-12-14(18(15)10-6-7-11-18)20-16(21)13-8-4-5-9-17(13,2)19;/h13-15H,3-12,19H2,1-2H3,(H,20,21);1H. The summed E-state index contributed by atoms with van der Waals surface area (Å²) >= 11 is 0. The van der Waals surface area contributed by atoms with Crippen LogP contribution in [0.3, 0.4) is 0 Å². The molecular weight excluding hydrogens is 312 g/mol. The van der Waals surface area contributed by atoms with Crippen molar-refractivity contribution in [3.05, 3.63) is 0 Å². The van der Waals surface area contributed by atoms with Gasteiger partial charge in [-0.3, -0.25) is 4.79 Å². The summed E-state index contributed by atoms with van der Waals surface area (Å²) in [6.07, 6.45) is 10.4. The van der Waals surface area contributed by atoms with Crippen molar-refractivity contribution >= 4 is 18.3 Å². The summed E-state index contributed by atoms with van der Waals surface area (Å²) < 4.78 is 5.94. The van der Waals surface area contributed by atoms with Crippen LogP contribution in [0, 0.1) is 11.3 Å². The van der Waals surface area contributed by atoms with Crippen molar-refractivity contribution in [2.45, 2.75) is 89.3 Å². The van der Waals surface area contributed by atoms with E-state index in [0.717, 1.165) is 38.7 Å². The molecule has 3 aliphatic carbocycles. The third-order valence-corrected chi connectivity index (χ3v) is 6.57. The average Bonchev–Trinajstić information content (AvgIpc) is 2.98. The molecule has 0 aliphatic heterocycles. The smallest absolute Gasteiger partial charge is 0.225 e. The average molecular weight is 345 g/mol. The van der Waals surface area contributed by atoms with E-state index >= 15 is 0 Å². The van der Waals surface area contributed by atoms with Crippen LogP contribution in [0.2, 0.25) is 0 Å². The molecule has 23 heavy (non-hydrogen) atoms. The van der Waals surface area contributed by atoms with Gasteiger partial charge in [-0.05, 0) is 46.0 Å². The van der Waals surface area contributed by atoms with Gasteiger partial charge in [0.05, 0.1) is 12.0 Å². The van der Waals surface area contributed by atoms with Crippen molar-refractivity contribution in [2.24, 2.45) is 17.1 Å². The number of hydrogen-bond donors (Lipinski definition) is 2. The molecule has 0 aromatic heterocycles. The molecule has 3 fully saturated rings. The molecule has 1 spiro atoms. The summed E-state index contributed by atoms with van der Waals surface area (Å²) in [5, 5.41) is 3.36. The van der Waals surface area contributed by atoms with E-state index in [1.807, 2.05) is 6.92 Å². The van der Waals surface area contributed by atoms with Gasteiger partial charge in [-0.1, -0.05) is 25.7 Å². The van der Waals surface area contributed by atoms with Gasteiger partial charge in [0.2, 0.25) is 5.91 Å². The maximum atomic E-state index is 12.8. The summed E-state index contributed by atoms with van der Waals surface area (Å²) in [4.78, 5) is 12.8. The Morgan fingerprint density at radius 3 is 2.48 bits per heavy atom. The minimum Gasteiger partial charge on any atom is -0.378 e. The fourth-order valence-electron chi connectivity index (χ4n) is 5.15. The van der Waals surface area contributed by atoms with Gasteiger partial charge in [-0.15, -0.1) is 12.4 Å². The number of ether oxygens (including phenoxy) is 1. The lowest BCUT2D eigenvalue weighted by Crippen LogP contribution is -2.65. The molecule has 3 saturated carbocycles. The second kappa shape index (κ2) is 7.28. The van der Waals surface area contributed by atoms with E-state index in [9.17, 15) is 4.79 Å². The minimum atomic E-state index is -0.339. The lowest BCUT2D eigenvalue weighted by molar-refractivity contribution is -0.148. The second-order valence-electron chi connectivity index (χ2n) is 7.99. The highest BCUT2D eigenvalue weighted by Crippen LogP contribution is 2.54. The zero-order valence-corrected chi connectivity index (χ0v) is 15.4. The van der Waals surface area contributed by atoms with Crippen molar-refractivity contribution in [3.8, 4) is 0 Å². The molecule has 1 amide bonds. The first kappa shape index (κ1) is 19.0. The quantitative estimate of drug-likeness (QED) is 0.823. The van der Waals surface area contributed by atoms with E-state index in [2.05, 4.69) is 12.2 Å². The summed E-state index contributed by atoms with van der Waals surface area (Å²) in [7, 11) is 0. The van der Waals surface area contributed by atoms with Crippen LogP contribution in [-0.2, 0) is 9.53 Å². The largest absolute Gasteiger partial charge is 0.378 e. The third-order valence-electron chi connectivity index (χ3n) is 6.57. The number of halogens is 1. The highest BCUT2D eigenvalue weighted by atomic mass is 35.5. The number of carbonyl (C=O) groups is 1. The number of carbonyl (C=O) groups excluding carboxylic acids is 1. The predicted octanol–water partition coefficient (Wildman–Crippen LogP) is 3.17. The Labute approximate surface area is 146 Å². The summed E-state index contributed by atoms with van der Waals surface area (Å²) in [6.45, 7) is 4.89. The van der Waals surface area contributed by atoms with E-state index in [-0.39, 0.29) is 35.2 Å². The Balaban J connectivity index is 0.00000192. The lowest BCUT2D eigenvalue weighted by atomic mass is 9.60. The van der Waals surface area contributed by atoms with Crippen LogP contribution in [0.15, 0.2) is 0 Å². The summed E-state index contributed by atoms with van der Waals surface area (Å²) in [6, 6.07) is 0.303. The van der Waals surface area contributed by atoms with Crippen LogP contribution < -0.4 is 11.1 Å². The Bertz CT molecular complexity index is 421. The van der Waals surface area contributed by atoms with Crippen LogP contribution in [0.5, 0.6) is 0 Å². The van der Waals surface area contributed by atoms with Crippen LogP contribution >= 0.6 is 12.4 Å². The van der Waals surface area contributed by atoms with Gasteiger partial charge in [0.25, 0.3) is 0 Å². The lowest BCUT2D eigenvalue weighted by Gasteiger charge is -2.54. The van der Waals surface area contributed by atoms with Gasteiger partial charge in [-0.25, -0.2) is 0 Å². The first-order valence-corrected chi connectivity index (χ1v) is 9.20. The van der Waals surface area contributed by atoms with Gasteiger partial charge in [0, 0.05) is 23.6 Å². The van der Waals surface area contributed by atoms with Gasteiger partial charge in [-0.2, -0.15) is 0 Å². The summed E-state index contributed by atoms with van der Waals surface area (Å²) in [5.41, 5.74) is 6.27. The highest BCUT2D eigenvalue weighted by Gasteiger charge is 2.57. The van der Waals surface area contributed by atoms with Crippen molar-refractivity contribution < 1.29 is 9.53 Å². The maximum absolute atomic E-state index is 12.8. The monoisotopic (exact) mass is 344 g/mol. The maximum Gasteiger partial charge on any atom is 0.225 e. The zero-order chi connectivity index (χ0) is 15.8. The molecule has 0 radical (unpaired) electrons. The first-order chi connectivity index (χ1) is 10.5. The predicted molar refractivity (Wildman–Crippen MR) is 94.7 cm³/mol. The highest BCUT2D eigenvalue weighted by molar-refractivity contribution is 5.85. The number of hydrogen-bond acceptors (Lipinski definition) is 3. The van der Waals surface area contributed by atoms with Crippen molar-refractivity contribution in [2.75, 3.05) is 6.61 Å². The minimum absolute atomic E-state index is 0. The Kier molecular flexibility index (Phi) is 6.02. The molecule has 4 unspecified atom stereocenters. The van der Waals surface area contributed by atoms with Crippen LogP contribution in [0.25, 0.3) is 0 Å².